The zero-order valence-corrected chi connectivity index (χ0v) is 9.96. The summed E-state index contributed by atoms with van der Waals surface area (Å²) in [6, 6.07) is 7.39. The number of benzene rings is 1. The smallest absolute Gasteiger partial charge is 0.148 e. The minimum atomic E-state index is 0.695. The number of nitrogens with zero attached hydrogens (tertiary/aromatic N) is 2. The summed E-state index contributed by atoms with van der Waals surface area (Å²) in [5.41, 5.74) is 0.927. The third-order valence-electron chi connectivity index (χ3n) is 1.74. The fourth-order valence-corrected chi connectivity index (χ4v) is 1.39. The van der Waals surface area contributed by atoms with Crippen molar-refractivity contribution in [2.45, 2.75) is 0 Å². The highest BCUT2D eigenvalue weighted by Crippen LogP contribution is 2.17. The van der Waals surface area contributed by atoms with Gasteiger partial charge in [0, 0.05) is 10.7 Å². The molecular formula is C10H7BrClN3. The molecular weight excluding hydrogens is 277 g/mol. The number of hydrogen-bond acceptors (Lipinski definition) is 3. The van der Waals surface area contributed by atoms with E-state index in [0.717, 1.165) is 5.69 Å². The van der Waals surface area contributed by atoms with E-state index in [-0.39, 0.29) is 0 Å². The van der Waals surface area contributed by atoms with Crippen molar-refractivity contribution < 1.29 is 0 Å². The maximum Gasteiger partial charge on any atom is 0.148 e. The van der Waals surface area contributed by atoms with Crippen molar-refractivity contribution in [3.63, 3.8) is 0 Å². The third kappa shape index (κ3) is 2.91. The zero-order chi connectivity index (χ0) is 10.7. The topological polar surface area (TPSA) is 37.8 Å². The highest BCUT2D eigenvalue weighted by Gasteiger charge is 1.96. The Morgan fingerprint density at radius 1 is 1.07 bits per heavy atom. The number of halogens is 2. The second-order valence-corrected chi connectivity index (χ2v) is 4.11. The molecule has 0 atom stereocenters. The van der Waals surface area contributed by atoms with Gasteiger partial charge in [-0.25, -0.2) is 9.97 Å². The van der Waals surface area contributed by atoms with Crippen LogP contribution in [0, 0.1) is 0 Å². The van der Waals surface area contributed by atoms with E-state index in [0.29, 0.717) is 15.4 Å². The van der Waals surface area contributed by atoms with E-state index >= 15 is 0 Å². The van der Waals surface area contributed by atoms with Crippen molar-refractivity contribution in [1.82, 2.24) is 9.97 Å². The van der Waals surface area contributed by atoms with E-state index < -0.39 is 0 Å². The van der Waals surface area contributed by atoms with Crippen LogP contribution >= 0.6 is 27.5 Å². The monoisotopic (exact) mass is 283 g/mol. The second kappa shape index (κ2) is 4.59. The molecule has 1 heterocycles. The minimum absolute atomic E-state index is 0.695. The Balaban J connectivity index is 2.15. The lowest BCUT2D eigenvalue weighted by Gasteiger charge is -2.04. The van der Waals surface area contributed by atoms with Gasteiger partial charge in [-0.15, -0.1) is 0 Å². The summed E-state index contributed by atoms with van der Waals surface area (Å²) in [5.74, 6) is 0.695. The van der Waals surface area contributed by atoms with E-state index in [1.807, 2.05) is 24.3 Å². The average Bonchev–Trinajstić information content (AvgIpc) is 2.25. The molecule has 76 valence electrons. The van der Waals surface area contributed by atoms with Gasteiger partial charge in [-0.05, 0) is 40.2 Å². The molecule has 1 aromatic carbocycles. The maximum absolute atomic E-state index is 5.77. The molecule has 0 saturated heterocycles. The molecule has 0 aliphatic rings. The lowest BCUT2D eigenvalue weighted by atomic mass is 10.3. The highest BCUT2D eigenvalue weighted by molar-refractivity contribution is 9.10. The Morgan fingerprint density at radius 3 is 2.40 bits per heavy atom. The molecule has 5 heteroatoms. The summed E-state index contributed by atoms with van der Waals surface area (Å²) in [6.07, 6.45) is 3.29. The fourth-order valence-electron chi connectivity index (χ4n) is 1.06. The molecule has 15 heavy (non-hydrogen) atoms. The second-order valence-electron chi connectivity index (χ2n) is 2.86. The Labute approximate surface area is 101 Å². The highest BCUT2D eigenvalue weighted by atomic mass is 79.9. The summed E-state index contributed by atoms with van der Waals surface area (Å²) < 4.78 is 0.712. The van der Waals surface area contributed by atoms with Gasteiger partial charge in [0.15, 0.2) is 0 Å². The third-order valence-corrected chi connectivity index (χ3v) is 2.40. The van der Waals surface area contributed by atoms with E-state index in [2.05, 4.69) is 31.2 Å². The Bertz CT molecular complexity index is 398. The average molecular weight is 285 g/mol. The first-order chi connectivity index (χ1) is 7.24. The lowest BCUT2D eigenvalue weighted by molar-refractivity contribution is 1.16. The molecule has 0 unspecified atom stereocenters. The molecule has 0 amide bonds. The number of anilines is 2. The molecule has 1 aromatic heterocycles. The van der Waals surface area contributed by atoms with E-state index in [1.54, 1.807) is 12.4 Å². The van der Waals surface area contributed by atoms with Crippen LogP contribution in [-0.4, -0.2) is 9.97 Å². The van der Waals surface area contributed by atoms with Gasteiger partial charge in [0.2, 0.25) is 0 Å². The van der Waals surface area contributed by atoms with Crippen LogP contribution in [0.3, 0.4) is 0 Å². The summed E-state index contributed by atoms with van der Waals surface area (Å²) in [6.45, 7) is 0. The van der Waals surface area contributed by atoms with Crippen molar-refractivity contribution in [1.29, 1.82) is 0 Å². The number of hydrogen-bond donors (Lipinski definition) is 1. The van der Waals surface area contributed by atoms with Gasteiger partial charge >= 0.3 is 0 Å². The standard InChI is InChI=1S/C10H7BrClN3/c11-9-5-14-10(6-13-9)15-8-3-1-7(12)2-4-8/h1-6H,(H,14,15). The SMILES string of the molecule is Clc1ccc(Nc2cnc(Br)cn2)cc1. The van der Waals surface area contributed by atoms with Crippen LogP contribution in [0.1, 0.15) is 0 Å². The molecule has 0 aliphatic heterocycles. The normalized spacial score (nSPS) is 10.0. The van der Waals surface area contributed by atoms with Crippen LogP contribution in [0.15, 0.2) is 41.3 Å². The van der Waals surface area contributed by atoms with Gasteiger partial charge in [-0.1, -0.05) is 11.6 Å². The maximum atomic E-state index is 5.77. The number of rotatable bonds is 2. The summed E-state index contributed by atoms with van der Waals surface area (Å²) in [7, 11) is 0. The largest absolute Gasteiger partial charge is 0.339 e. The molecule has 0 radical (unpaired) electrons. The van der Waals surface area contributed by atoms with Crippen LogP contribution in [0.4, 0.5) is 11.5 Å². The van der Waals surface area contributed by atoms with Crippen LogP contribution < -0.4 is 5.32 Å². The van der Waals surface area contributed by atoms with Gasteiger partial charge < -0.3 is 5.32 Å². The van der Waals surface area contributed by atoms with Crippen molar-refractivity contribution in [3.8, 4) is 0 Å². The predicted molar refractivity (Wildman–Crippen MR) is 64.5 cm³/mol. The Hall–Kier alpha value is -1.13. The first-order valence-corrected chi connectivity index (χ1v) is 5.41. The molecule has 2 rings (SSSR count). The molecule has 0 aliphatic carbocycles. The van der Waals surface area contributed by atoms with Crippen LogP contribution in [0.25, 0.3) is 0 Å². The van der Waals surface area contributed by atoms with Crippen molar-refractivity contribution >= 4 is 39.0 Å². The van der Waals surface area contributed by atoms with Gasteiger partial charge in [0.1, 0.15) is 10.4 Å². The molecule has 0 bridgehead atoms. The Morgan fingerprint density at radius 2 is 1.80 bits per heavy atom. The minimum Gasteiger partial charge on any atom is -0.339 e. The van der Waals surface area contributed by atoms with Crippen molar-refractivity contribution in [2.24, 2.45) is 0 Å². The molecule has 2 aromatic rings. The van der Waals surface area contributed by atoms with Gasteiger partial charge in [-0.2, -0.15) is 0 Å². The van der Waals surface area contributed by atoms with Crippen molar-refractivity contribution in [3.05, 3.63) is 46.3 Å². The zero-order valence-electron chi connectivity index (χ0n) is 7.61. The van der Waals surface area contributed by atoms with Gasteiger partial charge in [0.25, 0.3) is 0 Å². The first kappa shape index (κ1) is 10.4. The summed E-state index contributed by atoms with van der Waals surface area (Å²) in [5, 5.41) is 3.82. The van der Waals surface area contributed by atoms with Crippen LogP contribution in [-0.2, 0) is 0 Å². The summed E-state index contributed by atoms with van der Waals surface area (Å²) in [4.78, 5) is 8.20. The summed E-state index contributed by atoms with van der Waals surface area (Å²) >= 11 is 9.00. The Kier molecular flexibility index (Phi) is 3.18. The fraction of sp³-hybridized carbons (Fsp3) is 0. The van der Waals surface area contributed by atoms with Gasteiger partial charge in [0.05, 0.1) is 12.4 Å². The van der Waals surface area contributed by atoms with E-state index in [1.165, 1.54) is 0 Å². The van der Waals surface area contributed by atoms with Crippen LogP contribution in [0.2, 0.25) is 5.02 Å². The lowest BCUT2D eigenvalue weighted by Crippen LogP contribution is -1.93. The van der Waals surface area contributed by atoms with E-state index in [4.69, 9.17) is 11.6 Å². The van der Waals surface area contributed by atoms with Crippen molar-refractivity contribution in [2.75, 3.05) is 5.32 Å². The quantitative estimate of drug-likeness (QED) is 0.915. The van der Waals surface area contributed by atoms with E-state index in [9.17, 15) is 0 Å². The number of nitrogens with one attached hydrogen (secondary N) is 1. The first-order valence-electron chi connectivity index (χ1n) is 4.24. The molecule has 3 nitrogen and oxygen atoms in total. The number of aromatic nitrogens is 2. The predicted octanol–water partition coefficient (Wildman–Crippen LogP) is 3.64. The molecule has 0 fully saturated rings. The molecule has 0 saturated carbocycles. The molecule has 0 spiro atoms. The van der Waals surface area contributed by atoms with Crippen LogP contribution in [0.5, 0.6) is 0 Å². The molecule has 1 N–H and O–H groups in total. The van der Waals surface area contributed by atoms with Gasteiger partial charge in [-0.3, -0.25) is 0 Å².